The first-order valence-corrected chi connectivity index (χ1v) is 9.26. The van der Waals surface area contributed by atoms with Crippen LogP contribution in [0.2, 0.25) is 0 Å². The summed E-state index contributed by atoms with van der Waals surface area (Å²) in [6.07, 6.45) is -0.0629. The number of benzene rings is 2. The third-order valence-electron chi connectivity index (χ3n) is 4.27. The van der Waals surface area contributed by atoms with Gasteiger partial charge < -0.3 is 10.4 Å². The van der Waals surface area contributed by atoms with Crippen molar-refractivity contribution < 1.29 is 14.1 Å². The normalized spacial score (nSPS) is 20.7. The van der Waals surface area contributed by atoms with Crippen molar-refractivity contribution in [3.63, 3.8) is 0 Å². The minimum atomic E-state index is -1.07. The SMILES string of the molecule is CC(C)S(=O)c1ccc(C(=O)NC2c3ccccc3CC2O)cc1. The van der Waals surface area contributed by atoms with E-state index in [1.54, 1.807) is 24.3 Å². The average Bonchev–Trinajstić information content (AvgIpc) is 2.90. The number of hydrogen-bond acceptors (Lipinski definition) is 3. The predicted molar refractivity (Wildman–Crippen MR) is 94.3 cm³/mol. The zero-order valence-electron chi connectivity index (χ0n) is 13.7. The number of carbonyl (C=O) groups is 1. The Morgan fingerprint density at radius 3 is 2.50 bits per heavy atom. The van der Waals surface area contributed by atoms with Gasteiger partial charge in [0.15, 0.2) is 0 Å². The minimum absolute atomic E-state index is 0.0369. The maximum atomic E-state index is 12.5. The van der Waals surface area contributed by atoms with Gasteiger partial charge in [0.25, 0.3) is 5.91 Å². The summed E-state index contributed by atoms with van der Waals surface area (Å²) in [5.41, 5.74) is 2.53. The van der Waals surface area contributed by atoms with Gasteiger partial charge in [-0.05, 0) is 35.4 Å². The summed E-state index contributed by atoms with van der Waals surface area (Å²) in [5, 5.41) is 13.2. The molecule has 5 heteroatoms. The zero-order chi connectivity index (χ0) is 17.3. The predicted octanol–water partition coefficient (Wildman–Crippen LogP) is 2.59. The van der Waals surface area contributed by atoms with Gasteiger partial charge in [0.1, 0.15) is 0 Å². The molecule has 1 amide bonds. The van der Waals surface area contributed by atoms with Crippen LogP contribution in [0.4, 0.5) is 0 Å². The fraction of sp³-hybridized carbons (Fsp3) is 0.316. The van der Waals surface area contributed by atoms with Crippen LogP contribution < -0.4 is 5.32 Å². The molecule has 4 nitrogen and oxygen atoms in total. The summed E-state index contributed by atoms with van der Waals surface area (Å²) in [6.45, 7) is 3.80. The number of aliphatic hydroxyl groups is 1. The summed E-state index contributed by atoms with van der Waals surface area (Å²) in [6, 6.07) is 14.2. The molecule has 1 aliphatic carbocycles. The van der Waals surface area contributed by atoms with E-state index in [1.165, 1.54) is 0 Å². The average molecular weight is 343 g/mol. The monoisotopic (exact) mass is 343 g/mol. The molecular weight excluding hydrogens is 322 g/mol. The quantitative estimate of drug-likeness (QED) is 0.897. The number of hydrogen-bond donors (Lipinski definition) is 2. The van der Waals surface area contributed by atoms with Gasteiger partial charge in [-0.3, -0.25) is 9.00 Å². The second-order valence-electron chi connectivity index (χ2n) is 6.29. The highest BCUT2D eigenvalue weighted by Gasteiger charge is 2.32. The molecule has 0 aromatic heterocycles. The lowest BCUT2D eigenvalue weighted by molar-refractivity contribution is 0.0858. The van der Waals surface area contributed by atoms with Gasteiger partial charge in [-0.1, -0.05) is 38.1 Å². The number of rotatable bonds is 4. The molecule has 3 rings (SSSR count). The lowest BCUT2D eigenvalue weighted by Crippen LogP contribution is -2.33. The van der Waals surface area contributed by atoms with Crippen LogP contribution in [0.5, 0.6) is 0 Å². The maximum absolute atomic E-state index is 12.5. The Labute approximate surface area is 144 Å². The lowest BCUT2D eigenvalue weighted by Gasteiger charge is -2.18. The van der Waals surface area contributed by atoms with E-state index in [0.29, 0.717) is 16.9 Å². The second kappa shape index (κ2) is 6.87. The molecule has 3 atom stereocenters. The number of carbonyl (C=O) groups excluding carboxylic acids is 1. The van der Waals surface area contributed by atoms with E-state index in [1.807, 2.05) is 38.1 Å². The van der Waals surface area contributed by atoms with Crippen LogP contribution >= 0.6 is 0 Å². The van der Waals surface area contributed by atoms with Gasteiger partial charge >= 0.3 is 0 Å². The summed E-state index contributed by atoms with van der Waals surface area (Å²) >= 11 is 0. The molecule has 1 aliphatic rings. The Morgan fingerprint density at radius 1 is 1.17 bits per heavy atom. The van der Waals surface area contributed by atoms with E-state index in [0.717, 1.165) is 11.1 Å². The fourth-order valence-corrected chi connectivity index (χ4v) is 3.93. The molecule has 24 heavy (non-hydrogen) atoms. The van der Waals surface area contributed by atoms with E-state index < -0.39 is 22.9 Å². The Morgan fingerprint density at radius 2 is 1.83 bits per heavy atom. The van der Waals surface area contributed by atoms with Crippen molar-refractivity contribution >= 4 is 16.7 Å². The first-order valence-electron chi connectivity index (χ1n) is 8.04. The molecule has 3 unspecified atom stereocenters. The van der Waals surface area contributed by atoms with E-state index in [9.17, 15) is 14.1 Å². The van der Waals surface area contributed by atoms with Crippen molar-refractivity contribution in [2.24, 2.45) is 0 Å². The zero-order valence-corrected chi connectivity index (χ0v) is 14.5. The first kappa shape index (κ1) is 16.9. The van der Waals surface area contributed by atoms with Crippen LogP contribution in [0.25, 0.3) is 0 Å². The molecule has 0 bridgehead atoms. The van der Waals surface area contributed by atoms with Crippen molar-refractivity contribution in [1.29, 1.82) is 0 Å². The third-order valence-corrected chi connectivity index (χ3v) is 5.86. The van der Waals surface area contributed by atoms with E-state index >= 15 is 0 Å². The maximum Gasteiger partial charge on any atom is 0.251 e. The standard InChI is InChI=1S/C19H21NO3S/c1-12(2)24(23)15-9-7-13(8-10-15)19(22)20-18-16-6-4-3-5-14(16)11-17(18)21/h3-10,12,17-18,21H,11H2,1-2H3,(H,20,22). The van der Waals surface area contributed by atoms with Crippen LogP contribution in [0, 0.1) is 0 Å². The minimum Gasteiger partial charge on any atom is -0.390 e. The number of aliphatic hydroxyl groups excluding tert-OH is 1. The molecule has 126 valence electrons. The molecule has 0 aliphatic heterocycles. The molecule has 0 heterocycles. The highest BCUT2D eigenvalue weighted by atomic mass is 32.2. The van der Waals surface area contributed by atoms with Crippen molar-refractivity contribution in [3.05, 3.63) is 65.2 Å². The number of amides is 1. The van der Waals surface area contributed by atoms with Gasteiger partial charge in [-0.15, -0.1) is 0 Å². The molecular formula is C19H21NO3S. The number of nitrogens with one attached hydrogen (secondary N) is 1. The fourth-order valence-electron chi connectivity index (χ4n) is 2.99. The summed E-state index contributed by atoms with van der Waals surface area (Å²) in [5.74, 6) is -0.238. The molecule has 2 aromatic rings. The summed E-state index contributed by atoms with van der Waals surface area (Å²) < 4.78 is 12.1. The summed E-state index contributed by atoms with van der Waals surface area (Å²) in [4.78, 5) is 13.2. The summed E-state index contributed by atoms with van der Waals surface area (Å²) in [7, 11) is -1.07. The van der Waals surface area contributed by atoms with E-state index in [-0.39, 0.29) is 11.2 Å². The largest absolute Gasteiger partial charge is 0.390 e. The van der Waals surface area contributed by atoms with Crippen molar-refractivity contribution in [2.75, 3.05) is 0 Å². The van der Waals surface area contributed by atoms with Crippen LogP contribution in [0.3, 0.4) is 0 Å². The highest BCUT2D eigenvalue weighted by Crippen LogP contribution is 2.31. The molecule has 0 saturated carbocycles. The molecule has 0 radical (unpaired) electrons. The Bertz CT molecular complexity index is 770. The second-order valence-corrected chi connectivity index (χ2v) is 8.30. The van der Waals surface area contributed by atoms with E-state index in [2.05, 4.69) is 5.32 Å². The van der Waals surface area contributed by atoms with Crippen LogP contribution in [0.1, 0.15) is 41.4 Å². The number of fused-ring (bicyclic) bond motifs is 1. The highest BCUT2D eigenvalue weighted by molar-refractivity contribution is 7.85. The first-order chi connectivity index (χ1) is 11.5. The smallest absolute Gasteiger partial charge is 0.251 e. The van der Waals surface area contributed by atoms with Gasteiger partial charge in [-0.2, -0.15) is 0 Å². The van der Waals surface area contributed by atoms with Gasteiger partial charge in [0, 0.05) is 22.1 Å². The lowest BCUT2D eigenvalue weighted by atomic mass is 10.1. The van der Waals surface area contributed by atoms with Gasteiger partial charge in [0.05, 0.1) is 22.9 Å². The van der Waals surface area contributed by atoms with Crippen LogP contribution in [0.15, 0.2) is 53.4 Å². The van der Waals surface area contributed by atoms with Crippen molar-refractivity contribution in [2.45, 2.75) is 42.6 Å². The molecule has 0 fully saturated rings. The Kier molecular flexibility index (Phi) is 4.83. The Balaban J connectivity index is 1.75. The molecule has 0 saturated heterocycles. The third kappa shape index (κ3) is 3.28. The van der Waals surface area contributed by atoms with Crippen LogP contribution in [-0.2, 0) is 17.2 Å². The van der Waals surface area contributed by atoms with Gasteiger partial charge in [0.2, 0.25) is 0 Å². The van der Waals surface area contributed by atoms with Gasteiger partial charge in [-0.25, -0.2) is 0 Å². The van der Waals surface area contributed by atoms with Crippen molar-refractivity contribution in [3.8, 4) is 0 Å². The Hall–Kier alpha value is -1.98. The topological polar surface area (TPSA) is 66.4 Å². The van der Waals surface area contributed by atoms with Crippen LogP contribution in [-0.4, -0.2) is 26.6 Å². The van der Waals surface area contributed by atoms with Crippen molar-refractivity contribution in [1.82, 2.24) is 5.32 Å². The molecule has 2 aromatic carbocycles. The van der Waals surface area contributed by atoms with E-state index in [4.69, 9.17) is 0 Å². The molecule has 0 spiro atoms. The molecule has 2 N–H and O–H groups in total.